The van der Waals surface area contributed by atoms with E-state index in [1.54, 1.807) is 6.07 Å². The van der Waals surface area contributed by atoms with Crippen molar-refractivity contribution in [1.29, 1.82) is 0 Å². The van der Waals surface area contributed by atoms with Gasteiger partial charge >= 0.3 is 0 Å². The van der Waals surface area contributed by atoms with Gasteiger partial charge in [-0.3, -0.25) is 14.9 Å². The summed E-state index contributed by atoms with van der Waals surface area (Å²) in [6.45, 7) is 3.84. The quantitative estimate of drug-likeness (QED) is 0.669. The molecule has 1 aliphatic rings. The van der Waals surface area contributed by atoms with Crippen LogP contribution in [0, 0.1) is 13.8 Å². The summed E-state index contributed by atoms with van der Waals surface area (Å²) in [6, 6.07) is 13.0. The van der Waals surface area contributed by atoms with E-state index in [2.05, 4.69) is 15.6 Å². The second-order valence-electron chi connectivity index (χ2n) is 6.62. The second-order valence-corrected chi connectivity index (χ2v) is 7.82. The lowest BCUT2D eigenvalue weighted by Crippen LogP contribution is -2.25. The maximum Gasteiger partial charge on any atom is 0.264 e. The van der Waals surface area contributed by atoms with Gasteiger partial charge < -0.3 is 14.8 Å². The van der Waals surface area contributed by atoms with E-state index in [1.165, 1.54) is 11.3 Å². The van der Waals surface area contributed by atoms with Crippen molar-refractivity contribution in [3.8, 4) is 22.8 Å². The molecule has 29 heavy (non-hydrogen) atoms. The Hall–Kier alpha value is -3.39. The third-order valence-electron chi connectivity index (χ3n) is 4.32. The maximum absolute atomic E-state index is 12.2. The first-order valence-electron chi connectivity index (χ1n) is 9.02. The lowest BCUT2D eigenvalue weighted by molar-refractivity contribution is -0.119. The van der Waals surface area contributed by atoms with Crippen LogP contribution in [-0.4, -0.2) is 30.0 Å². The molecular weight excluding hydrogens is 390 g/mol. The highest BCUT2D eigenvalue weighted by atomic mass is 32.1. The third-order valence-corrected chi connectivity index (χ3v) is 5.21. The van der Waals surface area contributed by atoms with E-state index in [9.17, 15) is 9.59 Å². The lowest BCUT2D eigenvalue weighted by Gasteiger charge is -2.18. The van der Waals surface area contributed by atoms with Gasteiger partial charge in [-0.05, 0) is 44.2 Å². The van der Waals surface area contributed by atoms with E-state index in [4.69, 9.17) is 9.47 Å². The molecule has 148 valence electrons. The average molecular weight is 409 g/mol. The molecule has 0 saturated heterocycles. The van der Waals surface area contributed by atoms with Crippen LogP contribution in [0.25, 0.3) is 11.3 Å². The number of amides is 2. The van der Waals surface area contributed by atoms with Crippen molar-refractivity contribution in [1.82, 2.24) is 4.98 Å². The molecule has 2 N–H and O–H groups in total. The molecule has 7 nitrogen and oxygen atoms in total. The predicted octanol–water partition coefficient (Wildman–Crippen LogP) is 3.78. The summed E-state index contributed by atoms with van der Waals surface area (Å²) < 4.78 is 10.9. The van der Waals surface area contributed by atoms with Crippen molar-refractivity contribution in [2.24, 2.45) is 0 Å². The molecule has 3 aromatic rings. The van der Waals surface area contributed by atoms with Crippen LogP contribution in [0.2, 0.25) is 0 Å². The Labute approximate surface area is 171 Å². The molecule has 8 heteroatoms. The van der Waals surface area contributed by atoms with Gasteiger partial charge in [0, 0.05) is 10.4 Å². The zero-order chi connectivity index (χ0) is 20.4. The average Bonchev–Trinajstić information content (AvgIpc) is 3.07. The zero-order valence-corrected chi connectivity index (χ0v) is 16.8. The molecule has 4 rings (SSSR count). The highest BCUT2D eigenvalue weighted by Gasteiger charge is 2.18. The minimum Gasteiger partial charge on any atom is -0.484 e. The summed E-state index contributed by atoms with van der Waals surface area (Å²) in [5.74, 6) is 0.797. The zero-order valence-electron chi connectivity index (χ0n) is 15.9. The molecule has 0 unspecified atom stereocenters. The molecule has 2 heterocycles. The SMILES string of the molecule is Cc1ccc(OCC(=O)Nc2nc(-c3ccc4c(c3)NC(=O)CO4)c(C)s2)cc1. The van der Waals surface area contributed by atoms with Crippen molar-refractivity contribution in [3.05, 3.63) is 52.9 Å². The number of fused-ring (bicyclic) bond motifs is 1. The summed E-state index contributed by atoms with van der Waals surface area (Å²) in [7, 11) is 0. The number of aryl methyl sites for hydroxylation is 2. The molecule has 0 aliphatic carbocycles. The molecule has 0 fully saturated rings. The smallest absolute Gasteiger partial charge is 0.264 e. The van der Waals surface area contributed by atoms with Crippen LogP contribution in [0.1, 0.15) is 10.4 Å². The molecule has 1 aromatic heterocycles. The van der Waals surface area contributed by atoms with Gasteiger partial charge in [0.25, 0.3) is 11.8 Å². The van der Waals surface area contributed by atoms with Gasteiger partial charge in [0.05, 0.1) is 11.4 Å². The van der Waals surface area contributed by atoms with E-state index in [0.717, 1.165) is 21.7 Å². The van der Waals surface area contributed by atoms with Crippen LogP contribution in [0.3, 0.4) is 0 Å². The largest absolute Gasteiger partial charge is 0.484 e. The van der Waals surface area contributed by atoms with Crippen molar-refractivity contribution >= 4 is 34.0 Å². The molecule has 2 aromatic carbocycles. The van der Waals surface area contributed by atoms with E-state index in [0.29, 0.717) is 22.3 Å². The van der Waals surface area contributed by atoms with E-state index in [-0.39, 0.29) is 25.0 Å². The van der Waals surface area contributed by atoms with Gasteiger partial charge in [-0.2, -0.15) is 0 Å². The summed E-state index contributed by atoms with van der Waals surface area (Å²) >= 11 is 1.38. The van der Waals surface area contributed by atoms with Crippen molar-refractivity contribution in [2.45, 2.75) is 13.8 Å². The number of aromatic nitrogens is 1. The maximum atomic E-state index is 12.2. The number of nitrogens with one attached hydrogen (secondary N) is 2. The van der Waals surface area contributed by atoms with Gasteiger partial charge in [-0.1, -0.05) is 17.7 Å². The summed E-state index contributed by atoms with van der Waals surface area (Å²) in [5.41, 5.74) is 3.32. The van der Waals surface area contributed by atoms with Crippen molar-refractivity contribution < 1.29 is 19.1 Å². The Morgan fingerprint density at radius 2 is 2.03 bits per heavy atom. The number of thiazole rings is 1. The van der Waals surface area contributed by atoms with Crippen LogP contribution in [0.5, 0.6) is 11.5 Å². The fourth-order valence-electron chi connectivity index (χ4n) is 2.89. The number of hydrogen-bond donors (Lipinski definition) is 2. The number of rotatable bonds is 5. The van der Waals surface area contributed by atoms with Crippen LogP contribution >= 0.6 is 11.3 Å². The highest BCUT2D eigenvalue weighted by Crippen LogP contribution is 2.36. The third kappa shape index (κ3) is 4.38. The second kappa shape index (κ2) is 7.92. The minimum atomic E-state index is -0.281. The highest BCUT2D eigenvalue weighted by molar-refractivity contribution is 7.16. The van der Waals surface area contributed by atoms with E-state index in [1.807, 2.05) is 50.2 Å². The Morgan fingerprint density at radius 1 is 1.24 bits per heavy atom. The predicted molar refractivity (Wildman–Crippen MR) is 112 cm³/mol. The van der Waals surface area contributed by atoms with Gasteiger partial charge in [-0.15, -0.1) is 11.3 Å². The number of nitrogens with zero attached hydrogens (tertiary/aromatic N) is 1. The first-order valence-corrected chi connectivity index (χ1v) is 9.83. The Kier molecular flexibility index (Phi) is 5.18. The Balaban J connectivity index is 1.44. The molecule has 0 bridgehead atoms. The van der Waals surface area contributed by atoms with E-state index >= 15 is 0 Å². The van der Waals surface area contributed by atoms with Crippen LogP contribution in [-0.2, 0) is 9.59 Å². The fourth-order valence-corrected chi connectivity index (χ4v) is 3.74. The summed E-state index contributed by atoms with van der Waals surface area (Å²) in [4.78, 5) is 29.2. The number of carbonyl (C=O) groups is 2. The summed E-state index contributed by atoms with van der Waals surface area (Å²) in [5, 5.41) is 6.06. The summed E-state index contributed by atoms with van der Waals surface area (Å²) in [6.07, 6.45) is 0. The molecule has 0 spiro atoms. The molecule has 0 saturated carbocycles. The number of hydrogen-bond acceptors (Lipinski definition) is 6. The number of ether oxygens (including phenoxy) is 2. The normalized spacial score (nSPS) is 12.6. The van der Waals surface area contributed by atoms with Crippen molar-refractivity contribution in [3.63, 3.8) is 0 Å². The van der Waals surface area contributed by atoms with Crippen LogP contribution in [0.4, 0.5) is 10.8 Å². The molecular formula is C21H19N3O4S. The van der Waals surface area contributed by atoms with Gasteiger partial charge in [0.1, 0.15) is 11.5 Å². The fraction of sp³-hybridized carbons (Fsp3) is 0.190. The van der Waals surface area contributed by atoms with E-state index < -0.39 is 0 Å². The molecule has 2 amide bonds. The van der Waals surface area contributed by atoms with Gasteiger partial charge in [0.2, 0.25) is 0 Å². The minimum absolute atomic E-state index is 0.0168. The lowest BCUT2D eigenvalue weighted by atomic mass is 10.1. The topological polar surface area (TPSA) is 89.5 Å². The first-order chi connectivity index (χ1) is 14.0. The number of anilines is 2. The number of carbonyl (C=O) groups excluding carboxylic acids is 2. The first kappa shape index (κ1) is 18.9. The standard InChI is InChI=1S/C21H19N3O4S/c1-12-3-6-15(7-4-12)27-10-19(26)23-21-24-20(13(2)29-21)14-5-8-17-16(9-14)22-18(25)11-28-17/h3-9H,10-11H2,1-2H3,(H,22,25)(H,23,24,26). The Bertz CT molecular complexity index is 1080. The Morgan fingerprint density at radius 3 is 2.83 bits per heavy atom. The monoisotopic (exact) mass is 409 g/mol. The van der Waals surface area contributed by atoms with Crippen LogP contribution < -0.4 is 20.1 Å². The molecule has 1 aliphatic heterocycles. The molecule has 0 radical (unpaired) electrons. The van der Waals surface area contributed by atoms with Crippen LogP contribution in [0.15, 0.2) is 42.5 Å². The van der Waals surface area contributed by atoms with Gasteiger partial charge in [0.15, 0.2) is 18.3 Å². The van der Waals surface area contributed by atoms with Gasteiger partial charge in [-0.25, -0.2) is 4.98 Å². The van der Waals surface area contributed by atoms with Crippen molar-refractivity contribution in [2.75, 3.05) is 23.8 Å². The number of benzene rings is 2. The molecule has 0 atom stereocenters.